The van der Waals surface area contributed by atoms with Gasteiger partial charge < -0.3 is 10.1 Å². The van der Waals surface area contributed by atoms with Crippen molar-refractivity contribution in [2.24, 2.45) is 5.92 Å². The molecule has 1 aromatic carbocycles. The van der Waals surface area contributed by atoms with Crippen LogP contribution in [-0.4, -0.2) is 19.1 Å². The molecule has 3 nitrogen and oxygen atoms in total. The molecular formula is C17H27NO2. The van der Waals surface area contributed by atoms with Crippen LogP contribution in [0.4, 0.5) is 0 Å². The monoisotopic (exact) mass is 277 g/mol. The Balaban J connectivity index is 2.44. The summed E-state index contributed by atoms with van der Waals surface area (Å²) in [6.45, 7) is 11.5. The van der Waals surface area contributed by atoms with Crippen LogP contribution in [0.15, 0.2) is 24.3 Å². The summed E-state index contributed by atoms with van der Waals surface area (Å²) >= 11 is 0. The second kappa shape index (κ2) is 7.32. The van der Waals surface area contributed by atoms with Crippen LogP contribution in [0.5, 0.6) is 5.75 Å². The van der Waals surface area contributed by atoms with Crippen molar-refractivity contribution in [3.05, 3.63) is 29.8 Å². The van der Waals surface area contributed by atoms with Crippen molar-refractivity contribution in [1.82, 2.24) is 5.32 Å². The third kappa shape index (κ3) is 6.09. The van der Waals surface area contributed by atoms with Crippen LogP contribution in [0.2, 0.25) is 0 Å². The summed E-state index contributed by atoms with van der Waals surface area (Å²) in [4.78, 5) is 11.6. The van der Waals surface area contributed by atoms with Crippen LogP contribution in [0.25, 0.3) is 0 Å². The third-order valence-electron chi connectivity index (χ3n) is 3.11. The van der Waals surface area contributed by atoms with Gasteiger partial charge in [0.2, 0.25) is 0 Å². The van der Waals surface area contributed by atoms with Crippen molar-refractivity contribution in [3.63, 3.8) is 0 Å². The molecule has 1 N–H and O–H groups in total. The molecule has 0 saturated heterocycles. The number of carbonyl (C=O) groups is 1. The summed E-state index contributed by atoms with van der Waals surface area (Å²) in [5.41, 5.74) is 1.29. The predicted molar refractivity (Wildman–Crippen MR) is 83.1 cm³/mol. The largest absolute Gasteiger partial charge is 0.484 e. The lowest BCUT2D eigenvalue weighted by atomic mass is 9.87. The zero-order valence-electron chi connectivity index (χ0n) is 13.3. The highest BCUT2D eigenvalue weighted by Gasteiger charge is 2.14. The summed E-state index contributed by atoms with van der Waals surface area (Å²) in [6, 6.07) is 7.93. The van der Waals surface area contributed by atoms with E-state index in [0.29, 0.717) is 12.5 Å². The van der Waals surface area contributed by atoms with Gasteiger partial charge in [0.05, 0.1) is 0 Å². The number of nitrogens with one attached hydrogen (secondary N) is 1. The first-order valence-electron chi connectivity index (χ1n) is 7.29. The molecule has 0 aliphatic rings. The van der Waals surface area contributed by atoms with Crippen molar-refractivity contribution in [3.8, 4) is 5.75 Å². The minimum Gasteiger partial charge on any atom is -0.484 e. The Morgan fingerprint density at radius 2 is 2.00 bits per heavy atom. The molecule has 0 atom stereocenters. The Kier molecular flexibility index (Phi) is 6.05. The van der Waals surface area contributed by atoms with E-state index in [4.69, 9.17) is 4.74 Å². The van der Waals surface area contributed by atoms with Crippen LogP contribution in [-0.2, 0) is 10.2 Å². The van der Waals surface area contributed by atoms with E-state index in [-0.39, 0.29) is 17.9 Å². The number of hydrogen-bond donors (Lipinski definition) is 1. The Labute approximate surface area is 122 Å². The van der Waals surface area contributed by atoms with Crippen LogP contribution >= 0.6 is 0 Å². The smallest absolute Gasteiger partial charge is 0.257 e. The number of ether oxygens (including phenoxy) is 1. The SMILES string of the molecule is CC(C)CCNC(=O)COc1cccc(C(C)(C)C)c1. The highest BCUT2D eigenvalue weighted by atomic mass is 16.5. The number of carbonyl (C=O) groups excluding carboxylic acids is 1. The molecule has 1 rings (SSSR count). The molecule has 20 heavy (non-hydrogen) atoms. The van der Waals surface area contributed by atoms with Gasteiger partial charge in [0.25, 0.3) is 5.91 Å². The van der Waals surface area contributed by atoms with Crippen LogP contribution in [0.3, 0.4) is 0 Å². The minimum atomic E-state index is -0.0631. The molecule has 0 saturated carbocycles. The molecule has 1 aromatic rings. The lowest BCUT2D eigenvalue weighted by Gasteiger charge is -2.19. The number of rotatable bonds is 6. The number of benzene rings is 1. The summed E-state index contributed by atoms with van der Waals surface area (Å²) in [5.74, 6) is 1.28. The average Bonchev–Trinajstić information content (AvgIpc) is 2.35. The van der Waals surface area contributed by atoms with Gasteiger partial charge in [-0.05, 0) is 35.4 Å². The first kappa shape index (κ1) is 16.5. The maximum atomic E-state index is 11.6. The van der Waals surface area contributed by atoms with Gasteiger partial charge in [0, 0.05) is 6.54 Å². The van der Waals surface area contributed by atoms with E-state index in [9.17, 15) is 4.79 Å². The van der Waals surface area contributed by atoms with E-state index in [1.807, 2.05) is 18.2 Å². The lowest BCUT2D eigenvalue weighted by Crippen LogP contribution is -2.30. The summed E-state index contributed by atoms with van der Waals surface area (Å²) < 4.78 is 5.55. The molecule has 0 bridgehead atoms. The Bertz CT molecular complexity index is 433. The van der Waals surface area contributed by atoms with E-state index in [0.717, 1.165) is 12.2 Å². The Hall–Kier alpha value is -1.51. The topological polar surface area (TPSA) is 38.3 Å². The van der Waals surface area contributed by atoms with E-state index in [1.54, 1.807) is 0 Å². The van der Waals surface area contributed by atoms with Gasteiger partial charge in [0.1, 0.15) is 5.75 Å². The molecule has 3 heteroatoms. The van der Waals surface area contributed by atoms with Gasteiger partial charge in [-0.1, -0.05) is 46.8 Å². The third-order valence-corrected chi connectivity index (χ3v) is 3.11. The predicted octanol–water partition coefficient (Wildman–Crippen LogP) is 3.53. The molecule has 0 spiro atoms. The van der Waals surface area contributed by atoms with Crippen molar-refractivity contribution >= 4 is 5.91 Å². The zero-order chi connectivity index (χ0) is 15.2. The normalized spacial score (nSPS) is 11.5. The van der Waals surface area contributed by atoms with Crippen molar-refractivity contribution in [2.45, 2.75) is 46.5 Å². The molecule has 0 heterocycles. The van der Waals surface area contributed by atoms with E-state index in [1.165, 1.54) is 5.56 Å². The average molecular weight is 277 g/mol. The van der Waals surface area contributed by atoms with E-state index < -0.39 is 0 Å². The highest BCUT2D eigenvalue weighted by Crippen LogP contribution is 2.25. The summed E-state index contributed by atoms with van der Waals surface area (Å²) in [7, 11) is 0. The van der Waals surface area contributed by atoms with Crippen LogP contribution in [0.1, 0.15) is 46.6 Å². The van der Waals surface area contributed by atoms with Crippen molar-refractivity contribution in [2.75, 3.05) is 13.2 Å². The maximum Gasteiger partial charge on any atom is 0.257 e. The molecule has 1 amide bonds. The van der Waals surface area contributed by atoms with Crippen LogP contribution in [0, 0.1) is 5.92 Å². The summed E-state index contributed by atoms with van der Waals surface area (Å²) in [5, 5.41) is 2.87. The fourth-order valence-corrected chi connectivity index (χ4v) is 1.75. The zero-order valence-corrected chi connectivity index (χ0v) is 13.3. The maximum absolute atomic E-state index is 11.6. The van der Waals surface area contributed by atoms with Gasteiger partial charge in [-0.2, -0.15) is 0 Å². The number of hydrogen-bond acceptors (Lipinski definition) is 2. The van der Waals surface area contributed by atoms with E-state index in [2.05, 4.69) is 46.0 Å². The van der Waals surface area contributed by atoms with Gasteiger partial charge >= 0.3 is 0 Å². The van der Waals surface area contributed by atoms with Gasteiger partial charge in [-0.25, -0.2) is 0 Å². The quantitative estimate of drug-likeness (QED) is 0.864. The highest BCUT2D eigenvalue weighted by molar-refractivity contribution is 5.77. The van der Waals surface area contributed by atoms with Crippen molar-refractivity contribution in [1.29, 1.82) is 0 Å². The van der Waals surface area contributed by atoms with Gasteiger partial charge in [-0.3, -0.25) is 4.79 Å². The first-order chi connectivity index (χ1) is 9.29. The van der Waals surface area contributed by atoms with Gasteiger partial charge in [-0.15, -0.1) is 0 Å². The molecule has 112 valence electrons. The number of amides is 1. The molecule has 0 fully saturated rings. The molecule has 0 aliphatic carbocycles. The van der Waals surface area contributed by atoms with Crippen molar-refractivity contribution < 1.29 is 9.53 Å². The molecule has 0 radical (unpaired) electrons. The summed E-state index contributed by atoms with van der Waals surface area (Å²) in [6.07, 6.45) is 0.991. The molecule has 0 aliphatic heterocycles. The van der Waals surface area contributed by atoms with E-state index >= 15 is 0 Å². The first-order valence-corrected chi connectivity index (χ1v) is 7.29. The fourth-order valence-electron chi connectivity index (χ4n) is 1.75. The standard InChI is InChI=1S/C17H27NO2/c1-13(2)9-10-18-16(19)12-20-15-8-6-7-14(11-15)17(3,4)5/h6-8,11,13H,9-10,12H2,1-5H3,(H,18,19). The van der Waals surface area contributed by atoms with Crippen LogP contribution < -0.4 is 10.1 Å². The molecule has 0 unspecified atom stereocenters. The second-order valence-electron chi connectivity index (χ2n) is 6.60. The Morgan fingerprint density at radius 3 is 2.60 bits per heavy atom. The second-order valence-corrected chi connectivity index (χ2v) is 6.60. The minimum absolute atomic E-state index is 0.0631. The molecule has 0 aromatic heterocycles. The molecular weight excluding hydrogens is 250 g/mol. The Morgan fingerprint density at radius 1 is 1.30 bits per heavy atom. The lowest BCUT2D eigenvalue weighted by molar-refractivity contribution is -0.123. The fraction of sp³-hybridized carbons (Fsp3) is 0.588. The van der Waals surface area contributed by atoms with Gasteiger partial charge in [0.15, 0.2) is 6.61 Å².